The van der Waals surface area contributed by atoms with Crippen LogP contribution in [-0.2, 0) is 9.59 Å². The Morgan fingerprint density at radius 3 is 2.34 bits per heavy atom. The molecular weight excluding hydrogens is 600 g/mol. The molecule has 1 aliphatic carbocycles. The first-order valence-electron chi connectivity index (χ1n) is 12.8. The zero-order valence-electron chi connectivity index (χ0n) is 22.0. The summed E-state index contributed by atoms with van der Waals surface area (Å²) < 4.78 is 46.4. The van der Waals surface area contributed by atoms with Crippen LogP contribution < -0.4 is 24.8 Å². The van der Waals surface area contributed by atoms with Crippen molar-refractivity contribution >= 4 is 50.0 Å². The number of fused-ring (bicyclic) bond motifs is 1. The number of benzene rings is 3. The van der Waals surface area contributed by atoms with E-state index in [0.29, 0.717) is 34.8 Å². The summed E-state index contributed by atoms with van der Waals surface area (Å²) in [4.78, 5) is 31.2. The van der Waals surface area contributed by atoms with Gasteiger partial charge in [0.05, 0.1) is 24.9 Å². The predicted octanol–water partition coefficient (Wildman–Crippen LogP) is 6.41. The molecule has 4 aromatic rings. The number of aromatic nitrogens is 1. The lowest BCUT2D eigenvalue weighted by Crippen LogP contribution is -2.41. The number of carbonyl (C=O) groups is 2. The van der Waals surface area contributed by atoms with E-state index < -0.39 is 28.9 Å². The van der Waals surface area contributed by atoms with E-state index in [1.165, 1.54) is 54.6 Å². The van der Waals surface area contributed by atoms with Crippen LogP contribution >= 0.6 is 15.9 Å². The van der Waals surface area contributed by atoms with Crippen LogP contribution in [-0.4, -0.2) is 35.8 Å². The minimum atomic E-state index is -1.38. The number of hydrogen-bond donors (Lipinski definition) is 1. The molecule has 1 aliphatic rings. The predicted molar refractivity (Wildman–Crippen MR) is 153 cm³/mol. The third-order valence-corrected chi connectivity index (χ3v) is 7.40. The number of primary amides is 1. The highest BCUT2D eigenvalue weighted by Gasteiger charge is 2.57. The third-order valence-electron chi connectivity index (χ3n) is 6.84. The van der Waals surface area contributed by atoms with Crippen molar-refractivity contribution in [1.29, 1.82) is 0 Å². The Bertz CT molecular complexity index is 1610. The maximum absolute atomic E-state index is 15.5. The van der Waals surface area contributed by atoms with Crippen LogP contribution in [0.25, 0.3) is 10.9 Å². The SMILES string of the molecule is COc1cc2c(Oc3ccc(N(C(=O)C4(C(N)=O)CC4)c4ccc(F)cc4)cc3F)ccnc2cc1OCCCBr. The molecule has 5 rings (SSSR count). The normalized spacial score (nSPS) is 13.5. The summed E-state index contributed by atoms with van der Waals surface area (Å²) in [5.41, 5.74) is 5.10. The average Bonchev–Trinajstić information content (AvgIpc) is 3.78. The second kappa shape index (κ2) is 11.7. The van der Waals surface area contributed by atoms with E-state index in [1.807, 2.05) is 0 Å². The van der Waals surface area contributed by atoms with E-state index in [0.717, 1.165) is 17.8 Å². The summed E-state index contributed by atoms with van der Waals surface area (Å²) in [6.45, 7) is 0.485. The van der Waals surface area contributed by atoms with E-state index in [2.05, 4.69) is 20.9 Å². The van der Waals surface area contributed by atoms with Crippen molar-refractivity contribution in [2.45, 2.75) is 19.3 Å². The zero-order valence-corrected chi connectivity index (χ0v) is 23.6. The van der Waals surface area contributed by atoms with E-state index in [1.54, 1.807) is 18.2 Å². The first kappa shape index (κ1) is 28.3. The molecule has 1 saturated carbocycles. The summed E-state index contributed by atoms with van der Waals surface area (Å²) in [6, 6.07) is 14.1. The summed E-state index contributed by atoms with van der Waals surface area (Å²) in [7, 11) is 1.52. The monoisotopic (exact) mass is 625 g/mol. The average molecular weight is 626 g/mol. The van der Waals surface area contributed by atoms with Gasteiger partial charge in [0, 0.05) is 34.7 Å². The molecule has 212 valence electrons. The van der Waals surface area contributed by atoms with Crippen LogP contribution in [0.3, 0.4) is 0 Å². The van der Waals surface area contributed by atoms with Gasteiger partial charge in [-0.25, -0.2) is 8.78 Å². The Labute approximate surface area is 243 Å². The van der Waals surface area contributed by atoms with Gasteiger partial charge in [0.25, 0.3) is 0 Å². The Morgan fingerprint density at radius 2 is 1.71 bits per heavy atom. The van der Waals surface area contributed by atoms with E-state index in [-0.39, 0.29) is 30.0 Å². The van der Waals surface area contributed by atoms with Gasteiger partial charge >= 0.3 is 0 Å². The van der Waals surface area contributed by atoms with E-state index in [4.69, 9.17) is 19.9 Å². The van der Waals surface area contributed by atoms with Crippen molar-refractivity contribution in [2.24, 2.45) is 11.1 Å². The highest BCUT2D eigenvalue weighted by atomic mass is 79.9. The zero-order chi connectivity index (χ0) is 29.1. The smallest absolute Gasteiger partial charge is 0.247 e. The van der Waals surface area contributed by atoms with Crippen molar-refractivity contribution in [3.8, 4) is 23.0 Å². The summed E-state index contributed by atoms with van der Waals surface area (Å²) in [5.74, 6) is -1.43. The van der Waals surface area contributed by atoms with E-state index >= 15 is 4.39 Å². The minimum Gasteiger partial charge on any atom is -0.493 e. The van der Waals surface area contributed by atoms with E-state index in [9.17, 15) is 14.0 Å². The lowest BCUT2D eigenvalue weighted by atomic mass is 10.0. The highest BCUT2D eigenvalue weighted by molar-refractivity contribution is 9.09. The van der Waals surface area contributed by atoms with Gasteiger partial charge < -0.3 is 19.9 Å². The first-order valence-corrected chi connectivity index (χ1v) is 13.9. The lowest BCUT2D eigenvalue weighted by molar-refractivity contribution is -0.133. The molecule has 0 atom stereocenters. The number of methoxy groups -OCH3 is 1. The maximum Gasteiger partial charge on any atom is 0.247 e. The number of amides is 2. The molecule has 0 aliphatic heterocycles. The molecule has 41 heavy (non-hydrogen) atoms. The van der Waals surface area contributed by atoms with Crippen LogP contribution in [0.2, 0.25) is 0 Å². The number of ether oxygens (including phenoxy) is 3. The number of pyridine rings is 1. The van der Waals surface area contributed by atoms with Crippen LogP contribution in [0, 0.1) is 17.0 Å². The summed E-state index contributed by atoms with van der Waals surface area (Å²) in [5, 5.41) is 1.37. The number of alkyl halides is 1. The number of anilines is 2. The first-order chi connectivity index (χ1) is 19.8. The van der Waals surface area contributed by atoms with Crippen molar-refractivity contribution in [1.82, 2.24) is 4.98 Å². The molecule has 0 unspecified atom stereocenters. The largest absolute Gasteiger partial charge is 0.493 e. The number of hydrogen-bond acceptors (Lipinski definition) is 6. The fraction of sp³-hybridized carbons (Fsp3) is 0.233. The van der Waals surface area contributed by atoms with Gasteiger partial charge in [-0.2, -0.15) is 0 Å². The molecule has 0 radical (unpaired) electrons. The molecule has 1 aromatic heterocycles. The van der Waals surface area contributed by atoms with Gasteiger partial charge in [0.15, 0.2) is 23.1 Å². The Morgan fingerprint density at radius 1 is 0.976 bits per heavy atom. The molecule has 1 fully saturated rings. The standard InChI is InChI=1S/C30H26BrF2N3O5/c1-39-26-16-21-23(17-27(26)40-14-2-12-31)35-13-9-24(21)41-25-8-7-20(15-22(25)33)36(19-5-3-18(32)4-6-19)29(38)30(10-11-30)28(34)37/h3-9,13,15-17H,2,10-12,14H2,1H3,(H2,34,37). The fourth-order valence-corrected chi connectivity index (χ4v) is 4.66. The van der Waals surface area contributed by atoms with Crippen LogP contribution in [0.15, 0.2) is 66.9 Å². The van der Waals surface area contributed by atoms with Gasteiger partial charge in [0.1, 0.15) is 17.0 Å². The lowest BCUT2D eigenvalue weighted by Gasteiger charge is -2.26. The third kappa shape index (κ3) is 5.67. The summed E-state index contributed by atoms with van der Waals surface area (Å²) >= 11 is 3.37. The van der Waals surface area contributed by atoms with Crippen molar-refractivity contribution in [3.63, 3.8) is 0 Å². The second-order valence-electron chi connectivity index (χ2n) is 9.50. The fourth-order valence-electron chi connectivity index (χ4n) is 4.43. The molecule has 2 N–H and O–H groups in total. The number of rotatable bonds is 11. The van der Waals surface area contributed by atoms with Gasteiger partial charge in [-0.3, -0.25) is 19.5 Å². The van der Waals surface area contributed by atoms with Gasteiger partial charge in [0.2, 0.25) is 11.8 Å². The molecule has 0 bridgehead atoms. The number of carbonyl (C=O) groups excluding carboxylic acids is 2. The van der Waals surface area contributed by atoms with Crippen molar-refractivity contribution in [3.05, 3.63) is 78.5 Å². The van der Waals surface area contributed by atoms with Crippen LogP contribution in [0.5, 0.6) is 23.0 Å². The Hall–Kier alpha value is -4.25. The van der Waals surface area contributed by atoms with Gasteiger partial charge in [-0.05, 0) is 67.8 Å². The summed E-state index contributed by atoms with van der Waals surface area (Å²) in [6.07, 6.45) is 2.90. The molecule has 3 aromatic carbocycles. The van der Waals surface area contributed by atoms with Crippen LogP contribution in [0.4, 0.5) is 20.2 Å². The molecule has 0 spiro atoms. The number of halogens is 3. The molecule has 11 heteroatoms. The maximum atomic E-state index is 15.5. The molecule has 8 nitrogen and oxygen atoms in total. The van der Waals surface area contributed by atoms with Crippen molar-refractivity contribution < 1.29 is 32.6 Å². The Balaban J connectivity index is 1.48. The molecule has 0 saturated heterocycles. The number of nitrogens with zero attached hydrogens (tertiary/aromatic N) is 2. The number of nitrogens with two attached hydrogens (primary N) is 1. The highest BCUT2D eigenvalue weighted by Crippen LogP contribution is 2.49. The minimum absolute atomic E-state index is 0.111. The van der Waals surface area contributed by atoms with Crippen LogP contribution in [0.1, 0.15) is 19.3 Å². The van der Waals surface area contributed by atoms with Crippen molar-refractivity contribution in [2.75, 3.05) is 23.9 Å². The second-order valence-corrected chi connectivity index (χ2v) is 10.3. The van der Waals surface area contributed by atoms with Gasteiger partial charge in [-0.15, -0.1) is 0 Å². The topological polar surface area (TPSA) is 104 Å². The molecule has 1 heterocycles. The van der Waals surface area contributed by atoms with Gasteiger partial charge in [-0.1, -0.05) is 15.9 Å². The quantitative estimate of drug-likeness (QED) is 0.117. The Kier molecular flexibility index (Phi) is 8.07. The molecule has 2 amide bonds. The molecular formula is C30H26BrF2N3O5.